The molecule has 0 bridgehead atoms. The lowest BCUT2D eigenvalue weighted by atomic mass is 10.2. The summed E-state index contributed by atoms with van der Waals surface area (Å²) in [6, 6.07) is 4.72. The molecule has 0 aliphatic heterocycles. The van der Waals surface area contributed by atoms with Crippen molar-refractivity contribution in [1.82, 2.24) is 0 Å². The molecule has 0 saturated heterocycles. The van der Waals surface area contributed by atoms with E-state index in [1.54, 1.807) is 17.5 Å². The molecule has 0 atom stereocenters. The van der Waals surface area contributed by atoms with E-state index >= 15 is 0 Å². The monoisotopic (exact) mass is 244 g/mol. The van der Waals surface area contributed by atoms with Gasteiger partial charge in [-0.25, -0.2) is 12.8 Å². The van der Waals surface area contributed by atoms with Gasteiger partial charge >= 0.3 is 0 Å². The maximum Gasteiger partial charge on any atom is 0.151 e. The summed E-state index contributed by atoms with van der Waals surface area (Å²) < 4.78 is 36.1. The van der Waals surface area contributed by atoms with Gasteiger partial charge in [0.15, 0.2) is 9.84 Å². The normalized spacial score (nSPS) is 12.1. The molecular weight excluding hydrogens is 235 g/mol. The molecule has 2 aromatic rings. The van der Waals surface area contributed by atoms with Crippen LogP contribution in [0.15, 0.2) is 23.6 Å². The van der Waals surface area contributed by atoms with Crippen molar-refractivity contribution < 1.29 is 12.8 Å². The minimum absolute atomic E-state index is 0.0313. The summed E-state index contributed by atoms with van der Waals surface area (Å²) in [5, 5.41) is 2.40. The van der Waals surface area contributed by atoms with E-state index in [1.807, 2.05) is 0 Å². The quantitative estimate of drug-likeness (QED) is 0.813. The largest absolute Gasteiger partial charge is 0.229 e. The Labute approximate surface area is 91.3 Å². The predicted molar refractivity (Wildman–Crippen MR) is 60.3 cm³/mol. The van der Waals surface area contributed by atoms with Crippen LogP contribution < -0.4 is 0 Å². The third-order valence-electron chi connectivity index (χ3n) is 2.05. The number of hydrogen-bond donors (Lipinski definition) is 0. The van der Waals surface area contributed by atoms with Crippen molar-refractivity contribution in [1.29, 1.82) is 0 Å². The second-order valence-corrected chi connectivity index (χ2v) is 6.47. The van der Waals surface area contributed by atoms with Gasteiger partial charge in [-0.1, -0.05) is 12.1 Å². The van der Waals surface area contributed by atoms with Crippen LogP contribution in [0.2, 0.25) is 0 Å². The lowest BCUT2D eigenvalue weighted by molar-refractivity contribution is 0.601. The molecule has 0 unspecified atom stereocenters. The van der Waals surface area contributed by atoms with Crippen molar-refractivity contribution in [2.24, 2.45) is 0 Å². The van der Waals surface area contributed by atoms with Crippen molar-refractivity contribution in [3.8, 4) is 0 Å². The van der Waals surface area contributed by atoms with Crippen LogP contribution in [0.4, 0.5) is 4.39 Å². The van der Waals surface area contributed by atoms with Gasteiger partial charge in [-0.15, -0.1) is 11.3 Å². The van der Waals surface area contributed by atoms with Gasteiger partial charge in [-0.3, -0.25) is 0 Å². The van der Waals surface area contributed by atoms with Gasteiger partial charge in [0.25, 0.3) is 0 Å². The van der Waals surface area contributed by atoms with Crippen LogP contribution in [0.3, 0.4) is 0 Å². The molecule has 15 heavy (non-hydrogen) atoms. The first-order valence-corrected chi connectivity index (χ1v) is 7.24. The maximum atomic E-state index is 13.3. The van der Waals surface area contributed by atoms with Crippen LogP contribution in [-0.2, 0) is 15.6 Å². The molecular formula is C10H9FO2S2. The van der Waals surface area contributed by atoms with Crippen LogP contribution in [0, 0.1) is 5.82 Å². The van der Waals surface area contributed by atoms with E-state index in [9.17, 15) is 12.8 Å². The standard InChI is InChI=1S/C10H9FO2S2/c1-15(12,13)6-7-5-14-10-8(7)3-2-4-9(10)11/h2-5H,6H2,1H3. The molecule has 0 amide bonds. The lowest BCUT2D eigenvalue weighted by Crippen LogP contribution is -1.99. The Kier molecular flexibility index (Phi) is 2.52. The second-order valence-electron chi connectivity index (χ2n) is 3.45. The maximum absolute atomic E-state index is 13.3. The summed E-state index contributed by atoms with van der Waals surface area (Å²) in [4.78, 5) is 0. The fraction of sp³-hybridized carbons (Fsp3) is 0.200. The first-order chi connectivity index (χ1) is 6.97. The highest BCUT2D eigenvalue weighted by Crippen LogP contribution is 2.29. The zero-order chi connectivity index (χ0) is 11.1. The van der Waals surface area contributed by atoms with Crippen molar-refractivity contribution in [2.75, 3.05) is 6.26 Å². The van der Waals surface area contributed by atoms with Crippen molar-refractivity contribution >= 4 is 31.3 Å². The van der Waals surface area contributed by atoms with Gasteiger partial charge in [0.1, 0.15) is 5.82 Å². The van der Waals surface area contributed by atoms with E-state index in [0.29, 0.717) is 15.6 Å². The zero-order valence-electron chi connectivity index (χ0n) is 8.03. The number of fused-ring (bicyclic) bond motifs is 1. The van der Waals surface area contributed by atoms with Crippen molar-refractivity contribution in [3.63, 3.8) is 0 Å². The number of hydrogen-bond acceptors (Lipinski definition) is 3. The molecule has 0 saturated carbocycles. The topological polar surface area (TPSA) is 34.1 Å². The van der Waals surface area contributed by atoms with Gasteiger partial charge in [-0.2, -0.15) is 0 Å². The Bertz CT molecular complexity index is 599. The molecule has 1 aromatic heterocycles. The van der Waals surface area contributed by atoms with E-state index in [0.717, 1.165) is 0 Å². The summed E-state index contributed by atoms with van der Waals surface area (Å²) >= 11 is 1.24. The van der Waals surface area contributed by atoms with Crippen molar-refractivity contribution in [3.05, 3.63) is 35.0 Å². The zero-order valence-corrected chi connectivity index (χ0v) is 9.66. The molecule has 0 radical (unpaired) electrons. The Morgan fingerprint density at radius 1 is 1.40 bits per heavy atom. The van der Waals surface area contributed by atoms with Gasteiger partial charge < -0.3 is 0 Å². The summed E-state index contributed by atoms with van der Waals surface area (Å²) in [5.74, 6) is -0.326. The van der Waals surface area contributed by atoms with Crippen LogP contribution in [0.1, 0.15) is 5.56 Å². The molecule has 0 aliphatic rings. The minimum atomic E-state index is -3.07. The smallest absolute Gasteiger partial charge is 0.151 e. The predicted octanol–water partition coefficient (Wildman–Crippen LogP) is 2.59. The third kappa shape index (κ3) is 2.18. The van der Waals surface area contributed by atoms with Crippen LogP contribution >= 0.6 is 11.3 Å². The highest BCUT2D eigenvalue weighted by Gasteiger charge is 2.11. The Morgan fingerprint density at radius 2 is 2.13 bits per heavy atom. The highest BCUT2D eigenvalue weighted by molar-refractivity contribution is 7.89. The average Bonchev–Trinajstić information content (AvgIpc) is 2.48. The van der Waals surface area contributed by atoms with Crippen LogP contribution in [-0.4, -0.2) is 14.7 Å². The van der Waals surface area contributed by atoms with Crippen LogP contribution in [0.25, 0.3) is 10.1 Å². The minimum Gasteiger partial charge on any atom is -0.229 e. The number of benzene rings is 1. The molecule has 2 rings (SSSR count). The van der Waals surface area contributed by atoms with Gasteiger partial charge in [0, 0.05) is 6.26 Å². The fourth-order valence-electron chi connectivity index (χ4n) is 1.47. The molecule has 1 aromatic carbocycles. The molecule has 80 valence electrons. The first-order valence-electron chi connectivity index (χ1n) is 4.30. The Morgan fingerprint density at radius 3 is 2.80 bits per heavy atom. The summed E-state index contributed by atoms with van der Waals surface area (Å²) in [7, 11) is -3.07. The van der Waals surface area contributed by atoms with E-state index in [1.165, 1.54) is 23.7 Å². The number of halogens is 1. The van der Waals surface area contributed by atoms with Gasteiger partial charge in [0.05, 0.1) is 10.5 Å². The van der Waals surface area contributed by atoms with Gasteiger partial charge in [-0.05, 0) is 22.4 Å². The van der Waals surface area contributed by atoms with Gasteiger partial charge in [0.2, 0.25) is 0 Å². The Hall–Kier alpha value is -0.940. The summed E-state index contributed by atoms with van der Waals surface area (Å²) in [6.45, 7) is 0. The summed E-state index contributed by atoms with van der Waals surface area (Å²) in [5.41, 5.74) is 0.678. The molecule has 0 fully saturated rings. The number of sulfone groups is 1. The average molecular weight is 244 g/mol. The number of rotatable bonds is 2. The molecule has 1 heterocycles. The van der Waals surface area contributed by atoms with E-state index < -0.39 is 9.84 Å². The molecule has 0 N–H and O–H groups in total. The molecule has 5 heteroatoms. The second kappa shape index (κ2) is 3.57. The van der Waals surface area contributed by atoms with E-state index in [-0.39, 0.29) is 11.6 Å². The molecule has 2 nitrogen and oxygen atoms in total. The highest BCUT2D eigenvalue weighted by atomic mass is 32.2. The van der Waals surface area contributed by atoms with E-state index in [4.69, 9.17) is 0 Å². The van der Waals surface area contributed by atoms with Crippen molar-refractivity contribution in [2.45, 2.75) is 5.75 Å². The van der Waals surface area contributed by atoms with Crippen LogP contribution in [0.5, 0.6) is 0 Å². The molecule has 0 spiro atoms. The molecule has 0 aliphatic carbocycles. The Balaban J connectivity index is 2.60. The first kappa shape index (κ1) is 10.6. The fourth-order valence-corrected chi connectivity index (χ4v) is 3.36. The van der Waals surface area contributed by atoms with E-state index in [2.05, 4.69) is 0 Å². The third-order valence-corrected chi connectivity index (χ3v) is 3.94. The SMILES string of the molecule is CS(=O)(=O)Cc1csc2c(F)cccc12. The lowest BCUT2D eigenvalue weighted by Gasteiger charge is -1.97. The number of thiophene rings is 1. The summed E-state index contributed by atoms with van der Waals surface area (Å²) in [6.07, 6.45) is 1.18.